The monoisotopic (exact) mass is 269 g/mol. The van der Waals surface area contributed by atoms with E-state index in [9.17, 15) is 18.9 Å². The summed E-state index contributed by atoms with van der Waals surface area (Å²) in [5.41, 5.74) is -0.159. The van der Waals surface area contributed by atoms with Gasteiger partial charge in [-0.3, -0.25) is 10.1 Å². The average molecular weight is 269 g/mol. The van der Waals surface area contributed by atoms with Crippen molar-refractivity contribution in [2.45, 2.75) is 4.90 Å². The molecule has 0 bridgehead atoms. The number of nitrogens with zero attached hydrogens (tertiary/aromatic N) is 1. The van der Waals surface area contributed by atoms with Crippen molar-refractivity contribution in [3.8, 4) is 0 Å². The van der Waals surface area contributed by atoms with Crippen molar-refractivity contribution in [3.05, 3.63) is 46.5 Å². The number of rotatable bonds is 3. The van der Waals surface area contributed by atoms with Crippen molar-refractivity contribution in [1.82, 2.24) is 0 Å². The first kappa shape index (κ1) is 12.6. The molecular weight excluding hydrogens is 260 g/mol. The van der Waals surface area contributed by atoms with E-state index >= 15 is 0 Å². The van der Waals surface area contributed by atoms with Crippen LogP contribution in [0.5, 0.6) is 0 Å². The molecule has 0 saturated heterocycles. The zero-order valence-electron chi connectivity index (χ0n) is 9.07. The SMILES string of the molecule is [NH3+]O[S+]([O])(=O)c1ccc2cccc([N+](=O)[O-])c2c1. The van der Waals surface area contributed by atoms with Gasteiger partial charge in [-0.1, -0.05) is 12.1 Å². The Morgan fingerprint density at radius 2 is 2.00 bits per heavy atom. The summed E-state index contributed by atoms with van der Waals surface area (Å²) in [6, 6.07) is 8.49. The first-order valence-corrected chi connectivity index (χ1v) is 6.22. The second-order valence-corrected chi connectivity index (χ2v) is 5.10. The van der Waals surface area contributed by atoms with Crippen LogP contribution in [0.3, 0.4) is 0 Å². The largest absolute Gasteiger partial charge is 0.482 e. The molecule has 0 aliphatic carbocycles. The number of fused-ring (bicyclic) bond motifs is 1. The molecule has 18 heavy (non-hydrogen) atoms. The Bertz CT molecular complexity index is 672. The van der Waals surface area contributed by atoms with Gasteiger partial charge in [0.2, 0.25) is 4.90 Å². The highest BCUT2D eigenvalue weighted by molar-refractivity contribution is 7.92. The second kappa shape index (κ2) is 4.42. The lowest BCUT2D eigenvalue weighted by Gasteiger charge is -2.00. The highest BCUT2D eigenvalue weighted by Crippen LogP contribution is 2.29. The zero-order valence-corrected chi connectivity index (χ0v) is 9.88. The molecule has 1 unspecified atom stereocenters. The minimum atomic E-state index is -3.97. The van der Waals surface area contributed by atoms with Crippen LogP contribution in [0.25, 0.3) is 10.8 Å². The van der Waals surface area contributed by atoms with Crippen LogP contribution in [0, 0.1) is 10.1 Å². The smallest absolute Gasteiger partial charge is 0.258 e. The van der Waals surface area contributed by atoms with Crippen molar-refractivity contribution in [2.24, 2.45) is 0 Å². The molecule has 0 aliphatic rings. The Morgan fingerprint density at radius 1 is 1.28 bits per heavy atom. The minimum absolute atomic E-state index is 0.159. The normalized spacial score (nSPS) is 14.3. The van der Waals surface area contributed by atoms with Crippen LogP contribution in [0.2, 0.25) is 0 Å². The number of hydrogen-bond acceptors (Lipinski definition) is 4. The predicted octanol–water partition coefficient (Wildman–Crippen LogP) is 1.04. The molecule has 0 heterocycles. The minimum Gasteiger partial charge on any atom is -0.258 e. The van der Waals surface area contributed by atoms with E-state index in [0.29, 0.717) is 5.39 Å². The molecule has 3 N–H and O–H groups in total. The molecule has 0 amide bonds. The van der Waals surface area contributed by atoms with Gasteiger partial charge < -0.3 is 0 Å². The van der Waals surface area contributed by atoms with Gasteiger partial charge in [0, 0.05) is 18.2 Å². The summed E-state index contributed by atoms with van der Waals surface area (Å²) in [5, 5.41) is 11.7. The van der Waals surface area contributed by atoms with Crippen LogP contribution in [0.15, 0.2) is 41.3 Å². The van der Waals surface area contributed by atoms with Crippen LogP contribution < -0.4 is 5.90 Å². The lowest BCUT2D eigenvalue weighted by Crippen LogP contribution is -2.52. The predicted molar refractivity (Wildman–Crippen MR) is 61.6 cm³/mol. The van der Waals surface area contributed by atoms with E-state index in [1.807, 2.05) is 0 Å². The van der Waals surface area contributed by atoms with Gasteiger partial charge in [0.05, 0.1) is 19.1 Å². The summed E-state index contributed by atoms with van der Waals surface area (Å²) in [6.45, 7) is 0. The van der Waals surface area contributed by atoms with Crippen LogP contribution >= 0.6 is 0 Å². The Labute approximate surface area is 103 Å². The first-order chi connectivity index (χ1) is 8.45. The quantitative estimate of drug-likeness (QED) is 0.508. The number of nitro benzene ring substituents is 1. The van der Waals surface area contributed by atoms with Crippen LogP contribution in [0.4, 0.5) is 5.69 Å². The van der Waals surface area contributed by atoms with E-state index < -0.39 is 15.4 Å². The van der Waals surface area contributed by atoms with Crippen LogP contribution in [-0.4, -0.2) is 4.92 Å². The lowest BCUT2D eigenvalue weighted by atomic mass is 10.1. The number of benzene rings is 2. The van der Waals surface area contributed by atoms with E-state index in [2.05, 4.69) is 10.2 Å². The van der Waals surface area contributed by atoms with Crippen molar-refractivity contribution in [3.63, 3.8) is 0 Å². The van der Waals surface area contributed by atoms with E-state index in [-0.39, 0.29) is 16.0 Å². The Kier molecular flexibility index (Phi) is 3.09. The van der Waals surface area contributed by atoms with E-state index in [1.165, 1.54) is 30.3 Å². The molecule has 0 aromatic heterocycles. The topological polar surface area (TPSA) is 117 Å². The summed E-state index contributed by atoms with van der Waals surface area (Å²) in [6.07, 6.45) is 0. The van der Waals surface area contributed by atoms with Gasteiger partial charge in [-0.2, -0.15) is 5.90 Å². The molecule has 2 aromatic carbocycles. The van der Waals surface area contributed by atoms with Gasteiger partial charge in [0.15, 0.2) is 0 Å². The molecule has 2 rings (SSSR count). The molecule has 0 aliphatic heterocycles. The van der Waals surface area contributed by atoms with Crippen molar-refractivity contribution in [2.75, 3.05) is 0 Å². The van der Waals surface area contributed by atoms with Gasteiger partial charge in [-0.15, -0.1) is 0 Å². The third-order valence-corrected chi connectivity index (χ3v) is 3.61. The fourth-order valence-corrected chi connectivity index (χ4v) is 2.25. The Morgan fingerprint density at radius 3 is 2.61 bits per heavy atom. The first-order valence-electron chi connectivity index (χ1n) is 4.81. The van der Waals surface area contributed by atoms with Gasteiger partial charge in [0.1, 0.15) is 0 Å². The average Bonchev–Trinajstić information content (AvgIpc) is 2.37. The maximum absolute atomic E-state index is 11.5. The van der Waals surface area contributed by atoms with Crippen LogP contribution in [0.1, 0.15) is 0 Å². The number of non-ortho nitro benzene ring substituents is 1. The summed E-state index contributed by atoms with van der Waals surface area (Å²) < 4.78 is 27.1. The fraction of sp³-hybridized carbons (Fsp3) is 0. The fourth-order valence-electron chi connectivity index (χ4n) is 1.62. The molecule has 8 heteroatoms. The van der Waals surface area contributed by atoms with Gasteiger partial charge in [-0.05, 0) is 15.7 Å². The maximum atomic E-state index is 11.5. The molecule has 2 aromatic rings. The molecule has 0 spiro atoms. The summed E-state index contributed by atoms with van der Waals surface area (Å²) in [5.74, 6) is 2.85. The number of hydrogen-bond donors (Lipinski definition) is 1. The third kappa shape index (κ3) is 2.09. The highest BCUT2D eigenvalue weighted by atomic mass is 32.3. The maximum Gasteiger partial charge on any atom is 0.482 e. The Balaban J connectivity index is 2.74. The van der Waals surface area contributed by atoms with Gasteiger partial charge in [0.25, 0.3) is 5.69 Å². The molecule has 0 fully saturated rings. The number of quaternary nitrogens is 1. The molecular formula is C10H9N2O5S+2. The summed E-state index contributed by atoms with van der Waals surface area (Å²) >= 11 is 0. The zero-order chi connectivity index (χ0) is 13.3. The highest BCUT2D eigenvalue weighted by Gasteiger charge is 2.37. The molecule has 7 nitrogen and oxygen atoms in total. The Hall–Kier alpha value is -1.87. The van der Waals surface area contributed by atoms with Crippen molar-refractivity contribution < 1.29 is 23.9 Å². The van der Waals surface area contributed by atoms with E-state index in [0.717, 1.165) is 0 Å². The molecule has 93 valence electrons. The van der Waals surface area contributed by atoms with Gasteiger partial charge >= 0.3 is 10.5 Å². The van der Waals surface area contributed by atoms with Crippen molar-refractivity contribution in [1.29, 1.82) is 0 Å². The molecule has 0 saturated carbocycles. The third-order valence-electron chi connectivity index (χ3n) is 2.47. The van der Waals surface area contributed by atoms with E-state index in [4.69, 9.17) is 0 Å². The number of nitro groups is 1. The lowest BCUT2D eigenvalue weighted by molar-refractivity contribution is -0.637. The molecule has 1 radical (unpaired) electrons. The summed E-state index contributed by atoms with van der Waals surface area (Å²) in [4.78, 5) is 10.1. The summed E-state index contributed by atoms with van der Waals surface area (Å²) in [7, 11) is -3.97. The van der Waals surface area contributed by atoms with Gasteiger partial charge in [-0.25, -0.2) is 0 Å². The second-order valence-electron chi connectivity index (χ2n) is 3.49. The standard InChI is InChI=1S/C10H9N2O5S/c11-17-18(15,16)8-5-4-7-2-1-3-10(12(13)14)9(7)6-8/h1-6H,11H3/q+2. The van der Waals surface area contributed by atoms with Crippen LogP contribution in [-0.2, 0) is 23.5 Å². The van der Waals surface area contributed by atoms with Crippen molar-refractivity contribution >= 4 is 27.0 Å². The van der Waals surface area contributed by atoms with E-state index in [1.54, 1.807) is 6.07 Å². The molecule has 1 atom stereocenters.